The van der Waals surface area contributed by atoms with Crippen LogP contribution < -0.4 is 10.1 Å². The standard InChI is InChI=1S/C32H24ClN3O3/c33-24-9-12-30(28(18-24)32(37)38)34-25-11-13-31-23(17-25)14-15-36(31)19-21-4-3-6-27(16-21)39-20-26-10-8-22-5-1-2-7-29(22)35-26/h1-18,34H,19-20H2,(H,37,38). The summed E-state index contributed by atoms with van der Waals surface area (Å²) < 4.78 is 8.24. The lowest BCUT2D eigenvalue weighted by Gasteiger charge is -2.12. The van der Waals surface area contributed by atoms with Crippen LogP contribution in [0.2, 0.25) is 5.02 Å². The molecule has 0 spiro atoms. The first-order chi connectivity index (χ1) is 19.0. The SMILES string of the molecule is O=C(O)c1cc(Cl)ccc1Nc1ccc2c(ccn2Cc2cccc(OCc3ccc4ccccc4n3)c2)c1. The average molecular weight is 534 g/mol. The van der Waals surface area contributed by atoms with Crippen molar-refractivity contribution in [3.05, 3.63) is 131 Å². The molecule has 0 aliphatic heterocycles. The molecule has 6 nitrogen and oxygen atoms in total. The van der Waals surface area contributed by atoms with Crippen LogP contribution in [0.4, 0.5) is 11.4 Å². The van der Waals surface area contributed by atoms with E-state index >= 15 is 0 Å². The molecular weight excluding hydrogens is 510 g/mol. The molecule has 2 heterocycles. The number of carboxylic acids is 1. The van der Waals surface area contributed by atoms with Gasteiger partial charge in [0.1, 0.15) is 12.4 Å². The first kappa shape index (κ1) is 24.5. The van der Waals surface area contributed by atoms with E-state index in [1.165, 1.54) is 6.07 Å². The van der Waals surface area contributed by atoms with Gasteiger partial charge in [0.15, 0.2) is 0 Å². The van der Waals surface area contributed by atoms with Crippen LogP contribution in [-0.2, 0) is 13.2 Å². The largest absolute Gasteiger partial charge is 0.487 e. The molecular formula is C32H24ClN3O3. The number of fused-ring (bicyclic) bond motifs is 2. The molecule has 7 heteroatoms. The maximum Gasteiger partial charge on any atom is 0.337 e. The Kier molecular flexibility index (Phi) is 6.61. The van der Waals surface area contributed by atoms with Crippen molar-refractivity contribution in [1.29, 1.82) is 0 Å². The molecule has 2 N–H and O–H groups in total. The number of rotatable bonds is 8. The Morgan fingerprint density at radius 3 is 2.69 bits per heavy atom. The summed E-state index contributed by atoms with van der Waals surface area (Å²) in [6, 6.07) is 33.0. The third-order valence-corrected chi connectivity index (χ3v) is 6.79. The second-order valence-electron chi connectivity index (χ2n) is 9.27. The number of carboxylic acid groups (broad SMARTS) is 1. The minimum absolute atomic E-state index is 0.124. The smallest absolute Gasteiger partial charge is 0.337 e. The van der Waals surface area contributed by atoms with Crippen LogP contribution >= 0.6 is 11.6 Å². The predicted octanol–water partition coefficient (Wildman–Crippen LogP) is 7.91. The van der Waals surface area contributed by atoms with Gasteiger partial charge in [-0.15, -0.1) is 0 Å². The Morgan fingerprint density at radius 2 is 1.79 bits per heavy atom. The molecule has 4 aromatic carbocycles. The molecule has 0 aliphatic carbocycles. The molecule has 0 unspecified atom stereocenters. The van der Waals surface area contributed by atoms with Crippen molar-refractivity contribution >= 4 is 50.8 Å². The highest BCUT2D eigenvalue weighted by Gasteiger charge is 2.12. The molecule has 0 atom stereocenters. The number of halogens is 1. The monoisotopic (exact) mass is 533 g/mol. The summed E-state index contributed by atoms with van der Waals surface area (Å²) in [4.78, 5) is 16.3. The highest BCUT2D eigenvalue weighted by atomic mass is 35.5. The lowest BCUT2D eigenvalue weighted by atomic mass is 10.1. The van der Waals surface area contributed by atoms with E-state index in [9.17, 15) is 9.90 Å². The predicted molar refractivity (Wildman–Crippen MR) is 155 cm³/mol. The van der Waals surface area contributed by atoms with Crippen molar-refractivity contribution in [3.63, 3.8) is 0 Å². The van der Waals surface area contributed by atoms with Crippen LogP contribution in [0.1, 0.15) is 21.6 Å². The molecule has 0 saturated heterocycles. The molecule has 39 heavy (non-hydrogen) atoms. The van der Waals surface area contributed by atoms with Gasteiger partial charge in [-0.25, -0.2) is 9.78 Å². The number of anilines is 2. The number of benzene rings is 4. The van der Waals surface area contributed by atoms with Crippen molar-refractivity contribution in [2.45, 2.75) is 13.2 Å². The van der Waals surface area contributed by atoms with Gasteiger partial charge < -0.3 is 19.7 Å². The first-order valence-electron chi connectivity index (χ1n) is 12.5. The van der Waals surface area contributed by atoms with Crippen LogP contribution in [0.5, 0.6) is 5.75 Å². The number of nitrogens with one attached hydrogen (secondary N) is 1. The molecule has 0 aliphatic rings. The average Bonchev–Trinajstić information content (AvgIpc) is 3.34. The summed E-state index contributed by atoms with van der Waals surface area (Å²) in [5, 5.41) is 15.3. The summed E-state index contributed by atoms with van der Waals surface area (Å²) in [7, 11) is 0. The van der Waals surface area contributed by atoms with E-state index in [-0.39, 0.29) is 5.56 Å². The van der Waals surface area contributed by atoms with Crippen LogP contribution in [-0.4, -0.2) is 20.6 Å². The van der Waals surface area contributed by atoms with E-state index in [1.54, 1.807) is 12.1 Å². The quantitative estimate of drug-likeness (QED) is 0.208. The number of hydrogen-bond acceptors (Lipinski definition) is 4. The van der Waals surface area contributed by atoms with Gasteiger partial charge in [0.05, 0.1) is 22.5 Å². The molecule has 0 saturated carbocycles. The number of pyridine rings is 1. The fraction of sp³-hybridized carbons (Fsp3) is 0.0625. The number of aromatic carboxylic acids is 1. The molecule has 6 rings (SSSR count). The van der Waals surface area contributed by atoms with Crippen molar-refractivity contribution < 1.29 is 14.6 Å². The molecule has 192 valence electrons. The normalized spacial score (nSPS) is 11.1. The minimum Gasteiger partial charge on any atom is -0.487 e. The van der Waals surface area contributed by atoms with Crippen LogP contribution in [0.3, 0.4) is 0 Å². The summed E-state index contributed by atoms with van der Waals surface area (Å²) in [5.41, 5.74) is 5.44. The van der Waals surface area contributed by atoms with E-state index in [4.69, 9.17) is 16.3 Å². The summed E-state index contributed by atoms with van der Waals surface area (Å²) in [6.45, 7) is 1.08. The van der Waals surface area contributed by atoms with Gasteiger partial charge in [0.2, 0.25) is 0 Å². The second kappa shape index (κ2) is 10.5. The third-order valence-electron chi connectivity index (χ3n) is 6.56. The fourth-order valence-electron chi connectivity index (χ4n) is 4.65. The fourth-order valence-corrected chi connectivity index (χ4v) is 4.82. The van der Waals surface area contributed by atoms with Crippen LogP contribution in [0.25, 0.3) is 21.8 Å². The molecule has 0 radical (unpaired) electrons. The van der Waals surface area contributed by atoms with E-state index in [1.807, 2.05) is 72.9 Å². The number of ether oxygens (including phenoxy) is 1. The van der Waals surface area contributed by atoms with Gasteiger partial charge in [-0.3, -0.25) is 0 Å². The lowest BCUT2D eigenvalue weighted by molar-refractivity contribution is 0.0698. The maximum absolute atomic E-state index is 11.6. The number of nitrogens with zero attached hydrogens (tertiary/aromatic N) is 2. The molecule has 6 aromatic rings. The van der Waals surface area contributed by atoms with Gasteiger partial charge in [-0.1, -0.05) is 48.0 Å². The Labute approximate surface area is 230 Å². The molecule has 2 aromatic heterocycles. The number of aromatic nitrogens is 2. The summed E-state index contributed by atoms with van der Waals surface area (Å²) in [6.07, 6.45) is 2.05. The Balaban J connectivity index is 1.16. The van der Waals surface area contributed by atoms with E-state index in [2.05, 4.69) is 33.1 Å². The molecule has 0 fully saturated rings. The lowest BCUT2D eigenvalue weighted by Crippen LogP contribution is -2.03. The van der Waals surface area contributed by atoms with Crippen LogP contribution in [0, 0.1) is 0 Å². The van der Waals surface area contributed by atoms with Crippen molar-refractivity contribution in [1.82, 2.24) is 9.55 Å². The zero-order chi connectivity index (χ0) is 26.8. The highest BCUT2D eigenvalue weighted by Crippen LogP contribution is 2.28. The number of para-hydroxylation sites is 1. The van der Waals surface area contributed by atoms with Crippen molar-refractivity contribution in [2.24, 2.45) is 0 Å². The van der Waals surface area contributed by atoms with Gasteiger partial charge in [-0.05, 0) is 72.3 Å². The summed E-state index contributed by atoms with van der Waals surface area (Å²) in [5.74, 6) is -0.241. The highest BCUT2D eigenvalue weighted by molar-refractivity contribution is 6.31. The Bertz CT molecular complexity index is 1830. The second-order valence-corrected chi connectivity index (χ2v) is 9.71. The third kappa shape index (κ3) is 5.42. The Hall–Kier alpha value is -4.81. The van der Waals surface area contributed by atoms with E-state index in [0.717, 1.165) is 44.5 Å². The zero-order valence-electron chi connectivity index (χ0n) is 20.8. The van der Waals surface area contributed by atoms with Gasteiger partial charge in [0.25, 0.3) is 0 Å². The van der Waals surface area contributed by atoms with Crippen molar-refractivity contribution in [3.8, 4) is 5.75 Å². The van der Waals surface area contributed by atoms with Crippen molar-refractivity contribution in [2.75, 3.05) is 5.32 Å². The van der Waals surface area contributed by atoms with Gasteiger partial charge in [-0.2, -0.15) is 0 Å². The summed E-state index contributed by atoms with van der Waals surface area (Å²) >= 11 is 5.98. The molecule has 0 amide bonds. The maximum atomic E-state index is 11.6. The number of carbonyl (C=O) groups is 1. The topological polar surface area (TPSA) is 76.4 Å². The number of hydrogen-bond donors (Lipinski definition) is 2. The van der Waals surface area contributed by atoms with E-state index in [0.29, 0.717) is 23.9 Å². The van der Waals surface area contributed by atoms with Gasteiger partial charge >= 0.3 is 5.97 Å². The zero-order valence-corrected chi connectivity index (χ0v) is 21.6. The Morgan fingerprint density at radius 1 is 0.897 bits per heavy atom. The van der Waals surface area contributed by atoms with Gasteiger partial charge in [0, 0.05) is 39.7 Å². The molecule has 0 bridgehead atoms. The first-order valence-corrected chi connectivity index (χ1v) is 12.8. The van der Waals surface area contributed by atoms with Crippen LogP contribution in [0.15, 0.2) is 109 Å². The van der Waals surface area contributed by atoms with E-state index < -0.39 is 5.97 Å². The minimum atomic E-state index is -1.04.